The molecule has 0 saturated carbocycles. The molecule has 2 heterocycles. The second-order valence-corrected chi connectivity index (χ2v) is 7.41. The first-order chi connectivity index (χ1) is 12.0. The number of nitrogens with zero attached hydrogens (tertiary/aromatic N) is 2. The topological polar surface area (TPSA) is 81.9 Å². The van der Waals surface area contributed by atoms with Gasteiger partial charge >= 0.3 is 0 Å². The fraction of sp³-hybridized carbons (Fsp3) is 0.188. The Kier molecular flexibility index (Phi) is 4.04. The van der Waals surface area contributed by atoms with Gasteiger partial charge in [-0.05, 0) is 30.3 Å². The number of nitro benzene ring substituents is 1. The molecule has 1 fully saturated rings. The summed E-state index contributed by atoms with van der Waals surface area (Å²) < 4.78 is 11.5. The molecule has 2 aliphatic rings. The van der Waals surface area contributed by atoms with E-state index in [1.807, 2.05) is 12.1 Å². The van der Waals surface area contributed by atoms with Crippen molar-refractivity contribution in [3.8, 4) is 11.5 Å². The minimum absolute atomic E-state index is 0.0309. The number of halogens is 1. The van der Waals surface area contributed by atoms with Crippen LogP contribution in [0.25, 0.3) is 0 Å². The third-order valence-electron chi connectivity index (χ3n) is 3.96. The van der Waals surface area contributed by atoms with Crippen molar-refractivity contribution in [2.24, 2.45) is 0 Å². The molecule has 2 aromatic carbocycles. The molecule has 1 amide bonds. The van der Waals surface area contributed by atoms with Crippen LogP contribution < -0.4 is 14.4 Å². The highest BCUT2D eigenvalue weighted by molar-refractivity contribution is 9.10. The number of hydrogen-bond acceptors (Lipinski definition) is 6. The zero-order valence-corrected chi connectivity index (χ0v) is 15.1. The lowest BCUT2D eigenvalue weighted by Gasteiger charge is -2.24. The van der Waals surface area contributed by atoms with E-state index in [-0.39, 0.29) is 24.1 Å². The van der Waals surface area contributed by atoms with Gasteiger partial charge in [-0.2, -0.15) is 0 Å². The predicted molar refractivity (Wildman–Crippen MR) is 96.0 cm³/mol. The van der Waals surface area contributed by atoms with Crippen LogP contribution in [0.4, 0.5) is 11.4 Å². The third-order valence-corrected chi connectivity index (χ3v) is 5.68. The van der Waals surface area contributed by atoms with Crippen molar-refractivity contribution >= 4 is 45.0 Å². The average molecular weight is 423 g/mol. The monoisotopic (exact) mass is 422 g/mol. The van der Waals surface area contributed by atoms with E-state index in [2.05, 4.69) is 15.9 Å². The second-order valence-electron chi connectivity index (χ2n) is 5.42. The largest absolute Gasteiger partial charge is 0.454 e. The summed E-state index contributed by atoms with van der Waals surface area (Å²) in [6.07, 6.45) is 0. The molecule has 25 heavy (non-hydrogen) atoms. The fourth-order valence-corrected chi connectivity index (χ4v) is 4.30. The molecule has 0 aromatic heterocycles. The maximum absolute atomic E-state index is 12.4. The number of ether oxygens (including phenoxy) is 2. The summed E-state index contributed by atoms with van der Waals surface area (Å²) in [4.78, 5) is 25.1. The molecule has 128 valence electrons. The summed E-state index contributed by atoms with van der Waals surface area (Å²) in [5, 5.41) is 11.0. The highest BCUT2D eigenvalue weighted by Crippen LogP contribution is 2.48. The predicted octanol–water partition coefficient (Wildman–Crippen LogP) is 3.86. The van der Waals surface area contributed by atoms with E-state index in [1.54, 1.807) is 23.1 Å². The van der Waals surface area contributed by atoms with E-state index < -0.39 is 10.3 Å². The van der Waals surface area contributed by atoms with E-state index in [4.69, 9.17) is 9.47 Å². The first-order valence-corrected chi connectivity index (χ1v) is 9.16. The van der Waals surface area contributed by atoms with Gasteiger partial charge in [-0.1, -0.05) is 15.9 Å². The van der Waals surface area contributed by atoms with Gasteiger partial charge < -0.3 is 9.47 Å². The van der Waals surface area contributed by atoms with Crippen molar-refractivity contribution in [2.75, 3.05) is 17.4 Å². The van der Waals surface area contributed by atoms with Gasteiger partial charge in [-0.15, -0.1) is 11.8 Å². The summed E-state index contributed by atoms with van der Waals surface area (Å²) in [7, 11) is 0. The molecule has 0 unspecified atom stereocenters. The van der Waals surface area contributed by atoms with E-state index in [9.17, 15) is 14.9 Å². The second kappa shape index (κ2) is 6.23. The highest BCUT2D eigenvalue weighted by atomic mass is 79.9. The van der Waals surface area contributed by atoms with Crippen LogP contribution in [0.15, 0.2) is 40.9 Å². The van der Waals surface area contributed by atoms with Crippen LogP contribution in [0.3, 0.4) is 0 Å². The molecule has 7 nitrogen and oxygen atoms in total. The lowest BCUT2D eigenvalue weighted by molar-refractivity contribution is -0.385. The number of benzene rings is 2. The molecule has 2 aromatic rings. The van der Waals surface area contributed by atoms with Crippen molar-refractivity contribution in [3.63, 3.8) is 0 Å². The van der Waals surface area contributed by atoms with E-state index >= 15 is 0 Å². The molecule has 0 bridgehead atoms. The Hall–Kier alpha value is -2.26. The number of fused-ring (bicyclic) bond motifs is 1. The zero-order chi connectivity index (χ0) is 17.6. The number of nitro groups is 1. The molecular formula is C16H11BrN2O5S. The Labute approximate surface area is 155 Å². The SMILES string of the molecule is O=C1CS[C@H](c2cc3c(cc2[N+](=O)[O-])OCO3)N1c1ccc(Br)cc1. The Morgan fingerprint density at radius 3 is 2.56 bits per heavy atom. The first kappa shape index (κ1) is 16.2. The summed E-state index contributed by atoms with van der Waals surface area (Å²) in [6.45, 7) is 0.0309. The summed E-state index contributed by atoms with van der Waals surface area (Å²) >= 11 is 4.72. The van der Waals surface area contributed by atoms with E-state index in [0.717, 1.165) is 4.47 Å². The molecule has 1 atom stereocenters. The minimum atomic E-state index is -0.497. The fourth-order valence-electron chi connectivity index (χ4n) is 2.84. The number of amides is 1. The Morgan fingerprint density at radius 2 is 1.88 bits per heavy atom. The minimum Gasteiger partial charge on any atom is -0.454 e. The van der Waals surface area contributed by atoms with Gasteiger partial charge in [-0.25, -0.2) is 0 Å². The number of carbonyl (C=O) groups is 1. The van der Waals surface area contributed by atoms with E-state index in [0.29, 0.717) is 22.7 Å². The lowest BCUT2D eigenvalue weighted by atomic mass is 10.1. The molecule has 0 N–H and O–H groups in total. The van der Waals surface area contributed by atoms with Gasteiger partial charge in [0.05, 0.1) is 22.3 Å². The number of rotatable bonds is 3. The van der Waals surface area contributed by atoms with Crippen LogP contribution in [-0.4, -0.2) is 23.4 Å². The lowest BCUT2D eigenvalue weighted by Crippen LogP contribution is -2.28. The maximum Gasteiger partial charge on any atom is 0.279 e. The molecular weight excluding hydrogens is 412 g/mol. The first-order valence-electron chi connectivity index (χ1n) is 7.32. The summed E-state index contributed by atoms with van der Waals surface area (Å²) in [6, 6.07) is 10.2. The van der Waals surface area contributed by atoms with Gasteiger partial charge in [0.1, 0.15) is 5.37 Å². The Morgan fingerprint density at radius 1 is 1.20 bits per heavy atom. The Bertz CT molecular complexity index is 874. The Balaban J connectivity index is 1.81. The van der Waals surface area contributed by atoms with Gasteiger partial charge in [0.2, 0.25) is 12.7 Å². The van der Waals surface area contributed by atoms with Crippen LogP contribution in [0.5, 0.6) is 11.5 Å². The van der Waals surface area contributed by atoms with Crippen LogP contribution in [0.2, 0.25) is 0 Å². The van der Waals surface area contributed by atoms with Gasteiger partial charge in [0, 0.05) is 10.2 Å². The number of anilines is 1. The maximum atomic E-state index is 12.4. The van der Waals surface area contributed by atoms with Crippen LogP contribution in [0.1, 0.15) is 10.9 Å². The van der Waals surface area contributed by atoms with Gasteiger partial charge in [0.15, 0.2) is 11.5 Å². The average Bonchev–Trinajstić information content (AvgIpc) is 3.20. The van der Waals surface area contributed by atoms with Crippen molar-refractivity contribution in [1.29, 1.82) is 0 Å². The van der Waals surface area contributed by atoms with Crippen LogP contribution in [-0.2, 0) is 4.79 Å². The smallest absolute Gasteiger partial charge is 0.279 e. The van der Waals surface area contributed by atoms with Gasteiger partial charge in [-0.3, -0.25) is 19.8 Å². The third kappa shape index (κ3) is 2.83. The molecule has 4 rings (SSSR count). The van der Waals surface area contributed by atoms with Crippen molar-refractivity contribution in [3.05, 3.63) is 56.5 Å². The highest BCUT2D eigenvalue weighted by Gasteiger charge is 2.39. The molecule has 0 aliphatic carbocycles. The quantitative estimate of drug-likeness (QED) is 0.551. The van der Waals surface area contributed by atoms with Crippen LogP contribution in [0, 0.1) is 10.1 Å². The molecule has 0 radical (unpaired) electrons. The summed E-state index contributed by atoms with van der Waals surface area (Å²) in [5.41, 5.74) is 1.03. The number of carbonyl (C=O) groups excluding carboxylic acids is 1. The molecule has 0 spiro atoms. The summed E-state index contributed by atoms with van der Waals surface area (Å²) in [5.74, 6) is 0.965. The molecule has 2 aliphatic heterocycles. The number of thioether (sulfide) groups is 1. The van der Waals surface area contributed by atoms with Crippen molar-refractivity contribution in [1.82, 2.24) is 0 Å². The standard InChI is InChI=1S/C16H11BrN2O5S/c17-9-1-3-10(4-2-9)18-15(20)7-25-16(18)11-5-13-14(24-8-23-13)6-12(11)19(21)22/h1-6,16H,7-8H2/t16-/m1/s1. The molecule has 1 saturated heterocycles. The van der Waals surface area contributed by atoms with Crippen molar-refractivity contribution < 1.29 is 19.2 Å². The number of hydrogen-bond donors (Lipinski definition) is 0. The van der Waals surface area contributed by atoms with Gasteiger partial charge in [0.25, 0.3) is 5.69 Å². The van der Waals surface area contributed by atoms with Crippen LogP contribution >= 0.6 is 27.7 Å². The molecule has 9 heteroatoms. The van der Waals surface area contributed by atoms with E-state index in [1.165, 1.54) is 17.8 Å². The zero-order valence-electron chi connectivity index (χ0n) is 12.7. The normalized spacial score (nSPS) is 18.7. The van der Waals surface area contributed by atoms with Crippen molar-refractivity contribution in [2.45, 2.75) is 5.37 Å².